The third-order valence-corrected chi connectivity index (χ3v) is 1.75. The molecule has 6 heteroatoms. The minimum Gasteiger partial charge on any atom is -0.492 e. The van der Waals surface area contributed by atoms with Crippen molar-refractivity contribution >= 4 is 11.6 Å². The highest BCUT2D eigenvalue weighted by Gasteiger charge is 2.31. The standard InChI is InChI=1S/C9H8ClF3O2/c1-2-14-8-5-6(3-4-7(8)10)15-9(11,12)13/h3-5H,2H2,1H3. The summed E-state index contributed by atoms with van der Waals surface area (Å²) in [4.78, 5) is 0. The summed E-state index contributed by atoms with van der Waals surface area (Å²) < 4.78 is 44.3. The highest BCUT2D eigenvalue weighted by molar-refractivity contribution is 6.32. The van der Waals surface area contributed by atoms with E-state index in [9.17, 15) is 13.2 Å². The van der Waals surface area contributed by atoms with Gasteiger partial charge in [0.1, 0.15) is 11.5 Å². The lowest BCUT2D eigenvalue weighted by Crippen LogP contribution is -2.17. The van der Waals surface area contributed by atoms with E-state index in [1.165, 1.54) is 6.07 Å². The maximum atomic E-state index is 11.9. The summed E-state index contributed by atoms with van der Waals surface area (Å²) in [5.41, 5.74) is 0. The molecule has 0 aliphatic heterocycles. The van der Waals surface area contributed by atoms with Crippen LogP contribution in [0, 0.1) is 0 Å². The molecule has 0 saturated carbocycles. The van der Waals surface area contributed by atoms with Crippen LogP contribution in [-0.2, 0) is 0 Å². The van der Waals surface area contributed by atoms with Crippen molar-refractivity contribution in [2.24, 2.45) is 0 Å². The van der Waals surface area contributed by atoms with Crippen LogP contribution in [0.5, 0.6) is 11.5 Å². The van der Waals surface area contributed by atoms with Crippen molar-refractivity contribution in [3.63, 3.8) is 0 Å². The van der Waals surface area contributed by atoms with Gasteiger partial charge >= 0.3 is 6.36 Å². The monoisotopic (exact) mass is 240 g/mol. The van der Waals surface area contributed by atoms with Crippen LogP contribution in [0.25, 0.3) is 0 Å². The van der Waals surface area contributed by atoms with Crippen molar-refractivity contribution in [1.82, 2.24) is 0 Å². The SMILES string of the molecule is CCOc1cc(OC(F)(F)F)ccc1Cl. The molecule has 0 unspecified atom stereocenters. The Balaban J connectivity index is 2.87. The van der Waals surface area contributed by atoms with E-state index in [1.54, 1.807) is 6.92 Å². The minimum atomic E-state index is -4.71. The molecule has 0 spiro atoms. The molecule has 0 aliphatic carbocycles. The summed E-state index contributed by atoms with van der Waals surface area (Å²) in [6.07, 6.45) is -4.71. The Morgan fingerprint density at radius 1 is 1.33 bits per heavy atom. The first-order valence-corrected chi connectivity index (χ1v) is 4.48. The molecule has 0 aromatic heterocycles. The molecule has 0 bridgehead atoms. The Labute approximate surface area is 89.6 Å². The molecule has 0 amide bonds. The molecule has 0 atom stereocenters. The number of rotatable bonds is 3. The maximum absolute atomic E-state index is 11.9. The van der Waals surface area contributed by atoms with E-state index in [-0.39, 0.29) is 16.5 Å². The van der Waals surface area contributed by atoms with E-state index in [1.807, 2.05) is 0 Å². The third kappa shape index (κ3) is 3.87. The van der Waals surface area contributed by atoms with E-state index in [2.05, 4.69) is 4.74 Å². The first-order chi connectivity index (χ1) is 6.92. The number of alkyl halides is 3. The predicted octanol–water partition coefficient (Wildman–Crippen LogP) is 3.64. The second kappa shape index (κ2) is 4.61. The van der Waals surface area contributed by atoms with E-state index >= 15 is 0 Å². The largest absolute Gasteiger partial charge is 0.573 e. The van der Waals surface area contributed by atoms with Crippen LogP contribution in [0.4, 0.5) is 13.2 Å². The topological polar surface area (TPSA) is 18.5 Å². The van der Waals surface area contributed by atoms with Crippen LogP contribution in [0.3, 0.4) is 0 Å². The number of halogens is 4. The van der Waals surface area contributed by atoms with Gasteiger partial charge in [-0.1, -0.05) is 11.6 Å². The lowest BCUT2D eigenvalue weighted by molar-refractivity contribution is -0.274. The zero-order chi connectivity index (χ0) is 11.5. The van der Waals surface area contributed by atoms with Crippen LogP contribution in [0.1, 0.15) is 6.92 Å². The van der Waals surface area contributed by atoms with E-state index < -0.39 is 6.36 Å². The molecular formula is C9H8ClF3O2. The Hall–Kier alpha value is -1.10. The summed E-state index contributed by atoms with van der Waals surface area (Å²) >= 11 is 5.68. The summed E-state index contributed by atoms with van der Waals surface area (Å²) in [6, 6.07) is 3.51. The minimum absolute atomic E-state index is 0.168. The third-order valence-electron chi connectivity index (χ3n) is 1.44. The van der Waals surface area contributed by atoms with Gasteiger partial charge in [-0.05, 0) is 19.1 Å². The summed E-state index contributed by atoms with van der Waals surface area (Å²) in [7, 11) is 0. The van der Waals surface area contributed by atoms with E-state index in [4.69, 9.17) is 16.3 Å². The lowest BCUT2D eigenvalue weighted by Gasteiger charge is -2.11. The Morgan fingerprint density at radius 3 is 2.53 bits per heavy atom. The summed E-state index contributed by atoms with van der Waals surface area (Å²) in [5, 5.41) is 0.242. The van der Waals surface area contributed by atoms with Gasteiger partial charge in [-0.25, -0.2) is 0 Å². The van der Waals surface area contributed by atoms with Crippen molar-refractivity contribution in [1.29, 1.82) is 0 Å². The highest BCUT2D eigenvalue weighted by atomic mass is 35.5. The number of hydrogen-bond donors (Lipinski definition) is 0. The smallest absolute Gasteiger partial charge is 0.492 e. The van der Waals surface area contributed by atoms with Gasteiger partial charge < -0.3 is 9.47 Å². The molecular weight excluding hydrogens is 233 g/mol. The fraction of sp³-hybridized carbons (Fsp3) is 0.333. The molecule has 1 aromatic carbocycles. The molecule has 84 valence electrons. The first kappa shape index (κ1) is 12.0. The van der Waals surface area contributed by atoms with Crippen LogP contribution < -0.4 is 9.47 Å². The zero-order valence-electron chi connectivity index (χ0n) is 7.77. The van der Waals surface area contributed by atoms with Crippen LogP contribution in [0.2, 0.25) is 5.02 Å². The first-order valence-electron chi connectivity index (χ1n) is 4.10. The summed E-state index contributed by atoms with van der Waals surface area (Å²) in [6.45, 7) is 2.02. The number of hydrogen-bond acceptors (Lipinski definition) is 2. The molecule has 1 rings (SSSR count). The molecule has 0 aliphatic rings. The van der Waals surface area contributed by atoms with Gasteiger partial charge in [0.2, 0.25) is 0 Å². The number of benzene rings is 1. The molecule has 0 saturated heterocycles. The van der Waals surface area contributed by atoms with E-state index in [0.29, 0.717) is 6.61 Å². The van der Waals surface area contributed by atoms with Gasteiger partial charge in [-0.15, -0.1) is 13.2 Å². The number of ether oxygens (including phenoxy) is 2. The Bertz CT molecular complexity index is 339. The van der Waals surface area contributed by atoms with Crippen molar-refractivity contribution in [3.05, 3.63) is 23.2 Å². The van der Waals surface area contributed by atoms with E-state index in [0.717, 1.165) is 12.1 Å². The van der Waals surface area contributed by atoms with Gasteiger partial charge in [0.25, 0.3) is 0 Å². The average Bonchev–Trinajstić information content (AvgIpc) is 2.09. The summed E-state index contributed by atoms with van der Waals surface area (Å²) in [5.74, 6) is -0.184. The van der Waals surface area contributed by atoms with Gasteiger partial charge in [-0.3, -0.25) is 0 Å². The van der Waals surface area contributed by atoms with Gasteiger partial charge in [-0.2, -0.15) is 0 Å². The molecule has 0 radical (unpaired) electrons. The Morgan fingerprint density at radius 2 is 2.00 bits per heavy atom. The fourth-order valence-corrected chi connectivity index (χ4v) is 1.12. The van der Waals surface area contributed by atoms with Gasteiger partial charge in [0.15, 0.2) is 0 Å². The molecule has 2 nitrogen and oxygen atoms in total. The van der Waals surface area contributed by atoms with Crippen molar-refractivity contribution < 1.29 is 22.6 Å². The zero-order valence-corrected chi connectivity index (χ0v) is 8.52. The fourth-order valence-electron chi connectivity index (χ4n) is 0.947. The van der Waals surface area contributed by atoms with Gasteiger partial charge in [0, 0.05) is 6.07 Å². The second-order valence-corrected chi connectivity index (χ2v) is 2.98. The van der Waals surface area contributed by atoms with Crippen molar-refractivity contribution in [3.8, 4) is 11.5 Å². The van der Waals surface area contributed by atoms with Crippen LogP contribution in [-0.4, -0.2) is 13.0 Å². The van der Waals surface area contributed by atoms with Crippen molar-refractivity contribution in [2.45, 2.75) is 13.3 Å². The quantitative estimate of drug-likeness (QED) is 0.803. The molecule has 15 heavy (non-hydrogen) atoms. The van der Waals surface area contributed by atoms with Crippen LogP contribution >= 0.6 is 11.6 Å². The van der Waals surface area contributed by atoms with Crippen LogP contribution in [0.15, 0.2) is 18.2 Å². The average molecular weight is 241 g/mol. The lowest BCUT2D eigenvalue weighted by atomic mass is 10.3. The second-order valence-electron chi connectivity index (χ2n) is 2.57. The highest BCUT2D eigenvalue weighted by Crippen LogP contribution is 2.31. The molecule has 0 heterocycles. The maximum Gasteiger partial charge on any atom is 0.573 e. The normalized spacial score (nSPS) is 11.3. The molecule has 0 N–H and O–H groups in total. The molecule has 1 aromatic rings. The molecule has 0 fully saturated rings. The van der Waals surface area contributed by atoms with Crippen molar-refractivity contribution in [2.75, 3.05) is 6.61 Å². The van der Waals surface area contributed by atoms with Gasteiger partial charge in [0.05, 0.1) is 11.6 Å². The Kier molecular flexibility index (Phi) is 3.68. The predicted molar refractivity (Wildman–Crippen MR) is 49.3 cm³/mol.